The molecule has 0 spiro atoms. The molecule has 4 unspecified atom stereocenters. The van der Waals surface area contributed by atoms with Crippen molar-refractivity contribution in [1.82, 2.24) is 0 Å². The van der Waals surface area contributed by atoms with Crippen LogP contribution >= 0.6 is 15.6 Å². The van der Waals surface area contributed by atoms with Gasteiger partial charge in [-0.05, 0) is 69.1 Å². The number of ether oxygens (including phenoxy) is 4. The van der Waals surface area contributed by atoms with Crippen molar-refractivity contribution in [3.8, 4) is 0 Å². The van der Waals surface area contributed by atoms with E-state index in [4.69, 9.17) is 37.0 Å². The Bertz CT molecular complexity index is 1810. The van der Waals surface area contributed by atoms with Gasteiger partial charge in [-0.25, -0.2) is 9.13 Å². The smallest absolute Gasteiger partial charge is 0.462 e. The van der Waals surface area contributed by atoms with Crippen LogP contribution in [0.25, 0.3) is 0 Å². The van der Waals surface area contributed by atoms with E-state index in [-0.39, 0.29) is 25.7 Å². The molecule has 0 rings (SSSR count). The van der Waals surface area contributed by atoms with E-state index < -0.39 is 97.5 Å². The molecule has 87 heavy (non-hydrogen) atoms. The Kier molecular flexibility index (Phi) is 57.0. The first kappa shape index (κ1) is 84.5. The van der Waals surface area contributed by atoms with Crippen LogP contribution in [0.3, 0.4) is 0 Å². The third kappa shape index (κ3) is 60.9. The molecule has 0 aliphatic heterocycles. The molecule has 0 saturated heterocycles. The largest absolute Gasteiger partial charge is 0.472 e. The molecule has 17 nitrogen and oxygen atoms in total. The standard InChI is InChI=1S/C68H128O17P2/c1-8-10-11-12-13-14-15-16-17-18-19-22-27-35-42-49-65(70)78-55-63(84-67(72)51-44-37-28-23-20-21-25-32-39-46-59(3)4)57-82-86(74,75)80-53-62(69)54-81-87(76,77)83-58-64(85-68(73)52-45-38-31-30-34-41-48-61(7)9-2)56-79-66(71)50-43-36-29-24-26-33-40-47-60(5)6/h14-17,59-64,69H,8-13,18-58H2,1-7H3,(H,74,75)(H,76,77)/b15-14-,17-16-/t61?,62?,63-,64-/m1/s1. The fraction of sp³-hybridized carbons (Fsp3) is 0.882. The van der Waals surface area contributed by atoms with Crippen LogP contribution in [-0.4, -0.2) is 96.7 Å². The van der Waals surface area contributed by atoms with E-state index in [0.29, 0.717) is 31.6 Å². The lowest BCUT2D eigenvalue weighted by atomic mass is 10.00. The fourth-order valence-corrected chi connectivity index (χ4v) is 11.2. The zero-order valence-electron chi connectivity index (χ0n) is 56.0. The van der Waals surface area contributed by atoms with Crippen LogP contribution in [0, 0.1) is 17.8 Å². The molecule has 3 N–H and O–H groups in total. The first-order chi connectivity index (χ1) is 41.8. The number of carbonyl (C=O) groups excluding carboxylic acids is 4. The van der Waals surface area contributed by atoms with E-state index in [1.807, 2.05) is 0 Å². The summed E-state index contributed by atoms with van der Waals surface area (Å²) in [5.74, 6) is -0.00923. The zero-order chi connectivity index (χ0) is 64.5. The number of rotatable bonds is 64. The van der Waals surface area contributed by atoms with Crippen LogP contribution in [0.1, 0.15) is 312 Å². The number of hydrogen-bond acceptors (Lipinski definition) is 15. The average molecular weight is 1280 g/mol. The Balaban J connectivity index is 5.28. The Morgan fingerprint density at radius 2 is 0.678 bits per heavy atom. The lowest BCUT2D eigenvalue weighted by Gasteiger charge is -2.21. The molecule has 0 aromatic carbocycles. The molecule has 0 heterocycles. The number of unbranched alkanes of at least 4 members (excludes halogenated alkanes) is 28. The summed E-state index contributed by atoms with van der Waals surface area (Å²) in [6, 6.07) is 0. The minimum Gasteiger partial charge on any atom is -0.462 e. The number of carbonyl (C=O) groups is 4. The monoisotopic (exact) mass is 1280 g/mol. The van der Waals surface area contributed by atoms with Crippen LogP contribution in [0.2, 0.25) is 0 Å². The number of esters is 4. The van der Waals surface area contributed by atoms with Gasteiger partial charge in [0.25, 0.3) is 0 Å². The summed E-state index contributed by atoms with van der Waals surface area (Å²) in [4.78, 5) is 72.4. The average Bonchev–Trinajstić information content (AvgIpc) is 3.68. The Labute approximate surface area is 529 Å². The van der Waals surface area contributed by atoms with E-state index in [2.05, 4.69) is 72.8 Å². The maximum absolute atomic E-state index is 13.0. The predicted octanol–water partition coefficient (Wildman–Crippen LogP) is 18.6. The van der Waals surface area contributed by atoms with Crippen LogP contribution in [-0.2, 0) is 65.4 Å². The van der Waals surface area contributed by atoms with Gasteiger partial charge in [0.05, 0.1) is 26.4 Å². The number of aliphatic hydroxyl groups excluding tert-OH is 1. The van der Waals surface area contributed by atoms with Crippen molar-refractivity contribution in [3.63, 3.8) is 0 Å². The normalized spacial score (nSPS) is 14.8. The summed E-state index contributed by atoms with van der Waals surface area (Å²) in [5.41, 5.74) is 0. The van der Waals surface area contributed by atoms with Gasteiger partial charge in [-0.1, -0.05) is 259 Å². The van der Waals surface area contributed by atoms with E-state index in [9.17, 15) is 43.2 Å². The van der Waals surface area contributed by atoms with Gasteiger partial charge in [-0.3, -0.25) is 37.3 Å². The van der Waals surface area contributed by atoms with Crippen LogP contribution in [0.15, 0.2) is 24.3 Å². The summed E-state index contributed by atoms with van der Waals surface area (Å²) in [6.07, 6.45) is 44.1. The van der Waals surface area contributed by atoms with Gasteiger partial charge in [0.1, 0.15) is 19.3 Å². The fourth-order valence-electron chi connectivity index (χ4n) is 9.61. The highest BCUT2D eigenvalue weighted by Crippen LogP contribution is 2.45. The number of hydrogen-bond donors (Lipinski definition) is 3. The molecule has 0 aliphatic carbocycles. The van der Waals surface area contributed by atoms with Crippen molar-refractivity contribution in [2.24, 2.45) is 17.8 Å². The van der Waals surface area contributed by atoms with Gasteiger partial charge in [0.2, 0.25) is 0 Å². The van der Waals surface area contributed by atoms with Gasteiger partial charge >= 0.3 is 39.5 Å². The molecule has 0 aromatic heterocycles. The molecule has 0 aliphatic rings. The molecule has 0 saturated carbocycles. The lowest BCUT2D eigenvalue weighted by Crippen LogP contribution is -2.30. The highest BCUT2D eigenvalue weighted by Gasteiger charge is 2.30. The summed E-state index contributed by atoms with van der Waals surface area (Å²) in [5, 5.41) is 10.6. The lowest BCUT2D eigenvalue weighted by molar-refractivity contribution is -0.161. The third-order valence-electron chi connectivity index (χ3n) is 15.4. The van der Waals surface area contributed by atoms with E-state index in [0.717, 1.165) is 127 Å². The van der Waals surface area contributed by atoms with Crippen molar-refractivity contribution in [3.05, 3.63) is 24.3 Å². The van der Waals surface area contributed by atoms with Crippen LogP contribution in [0.5, 0.6) is 0 Å². The van der Waals surface area contributed by atoms with E-state index >= 15 is 0 Å². The number of aliphatic hydroxyl groups is 1. The maximum Gasteiger partial charge on any atom is 0.472 e. The first-order valence-electron chi connectivity index (χ1n) is 34.7. The van der Waals surface area contributed by atoms with Crippen molar-refractivity contribution in [1.29, 1.82) is 0 Å². The molecular weight excluding hydrogens is 1150 g/mol. The third-order valence-corrected chi connectivity index (χ3v) is 17.3. The molecule has 0 fully saturated rings. The summed E-state index contributed by atoms with van der Waals surface area (Å²) < 4.78 is 68.1. The first-order valence-corrected chi connectivity index (χ1v) is 37.7. The topological polar surface area (TPSA) is 237 Å². The van der Waals surface area contributed by atoms with E-state index in [1.54, 1.807) is 0 Å². The molecule has 0 aromatic rings. The summed E-state index contributed by atoms with van der Waals surface area (Å²) >= 11 is 0. The molecule has 6 atom stereocenters. The highest BCUT2D eigenvalue weighted by molar-refractivity contribution is 7.47. The van der Waals surface area contributed by atoms with Gasteiger partial charge in [-0.2, -0.15) is 0 Å². The maximum atomic E-state index is 13.0. The number of phosphoric acid groups is 2. The quantitative estimate of drug-likeness (QED) is 0.0169. The van der Waals surface area contributed by atoms with Gasteiger partial charge < -0.3 is 33.8 Å². The molecule has 0 radical (unpaired) electrons. The molecule has 512 valence electrons. The van der Waals surface area contributed by atoms with E-state index in [1.165, 1.54) is 96.3 Å². The van der Waals surface area contributed by atoms with Gasteiger partial charge in [-0.15, -0.1) is 0 Å². The molecular formula is C68H128O17P2. The Morgan fingerprint density at radius 1 is 0.379 bits per heavy atom. The van der Waals surface area contributed by atoms with Gasteiger partial charge in [0.15, 0.2) is 12.2 Å². The van der Waals surface area contributed by atoms with Crippen molar-refractivity contribution < 1.29 is 80.2 Å². The Hall–Kier alpha value is -2.46. The summed E-state index contributed by atoms with van der Waals surface area (Å²) in [7, 11) is -9.91. The number of phosphoric ester groups is 2. The summed E-state index contributed by atoms with van der Waals surface area (Å²) in [6.45, 7) is 11.6. The second-order valence-corrected chi connectivity index (χ2v) is 28.0. The second-order valence-electron chi connectivity index (χ2n) is 25.1. The second kappa shape index (κ2) is 58.6. The minimum absolute atomic E-state index is 0.0977. The highest BCUT2D eigenvalue weighted by atomic mass is 31.2. The molecule has 0 amide bonds. The Morgan fingerprint density at radius 3 is 1.02 bits per heavy atom. The van der Waals surface area contributed by atoms with Crippen molar-refractivity contribution in [2.75, 3.05) is 39.6 Å². The molecule has 19 heteroatoms. The SMILES string of the molecule is CCCCCC/C=C\C=C/CCCCCCCC(=O)OC[C@H](COP(=O)(O)OCC(O)COP(=O)(O)OC[C@@H](COC(=O)CCCCCCCCCC(C)C)OC(=O)CCCCCCCCC(C)CC)OC(=O)CCCCCCCCCCCC(C)C. The van der Waals surface area contributed by atoms with Gasteiger partial charge in [0, 0.05) is 25.7 Å². The predicted molar refractivity (Wildman–Crippen MR) is 349 cm³/mol. The van der Waals surface area contributed by atoms with Crippen LogP contribution in [0.4, 0.5) is 0 Å². The molecule has 0 bridgehead atoms. The van der Waals surface area contributed by atoms with Crippen molar-refractivity contribution >= 4 is 39.5 Å². The minimum atomic E-state index is -4.96. The zero-order valence-corrected chi connectivity index (χ0v) is 57.7. The van der Waals surface area contributed by atoms with Crippen LogP contribution < -0.4 is 0 Å². The number of allylic oxidation sites excluding steroid dienone is 4. The van der Waals surface area contributed by atoms with Crippen molar-refractivity contribution in [2.45, 2.75) is 330 Å².